The quantitative estimate of drug-likeness (QED) is 0.469. The van der Waals surface area contributed by atoms with Crippen molar-refractivity contribution in [3.05, 3.63) is 48.0 Å². The molecule has 0 bridgehead atoms. The van der Waals surface area contributed by atoms with Crippen LogP contribution in [0, 0.1) is 5.92 Å². The lowest BCUT2D eigenvalue weighted by molar-refractivity contribution is -0.149. The fourth-order valence-electron chi connectivity index (χ4n) is 2.06. The molecule has 0 aromatic heterocycles. The molecular formula is C16H16O3. The first-order chi connectivity index (χ1) is 9.24. The Balaban J connectivity index is 2.19. The number of hydrogen-bond donors (Lipinski definition) is 0. The molecule has 0 amide bonds. The normalized spacial score (nSPS) is 12.1. The molecule has 19 heavy (non-hydrogen) atoms. The maximum Gasteiger partial charge on any atom is 0.316 e. The van der Waals surface area contributed by atoms with Crippen LogP contribution in [0.15, 0.2) is 42.5 Å². The maximum absolute atomic E-state index is 11.6. The summed E-state index contributed by atoms with van der Waals surface area (Å²) >= 11 is 0. The van der Waals surface area contributed by atoms with E-state index in [0.717, 1.165) is 16.3 Å². The predicted octanol–water partition coefficient (Wildman–Crippen LogP) is 2.76. The monoisotopic (exact) mass is 256 g/mol. The van der Waals surface area contributed by atoms with Gasteiger partial charge >= 0.3 is 5.97 Å². The molecule has 0 aliphatic heterocycles. The molecule has 0 radical (unpaired) electrons. The first-order valence-corrected chi connectivity index (χ1v) is 6.34. The summed E-state index contributed by atoms with van der Waals surface area (Å²) in [4.78, 5) is 22.6. The van der Waals surface area contributed by atoms with Gasteiger partial charge in [0.05, 0.1) is 6.61 Å². The summed E-state index contributed by atoms with van der Waals surface area (Å²) in [5.74, 6) is -1.17. The van der Waals surface area contributed by atoms with Crippen LogP contribution in [0.5, 0.6) is 0 Å². The molecule has 0 aliphatic carbocycles. The molecule has 0 spiro atoms. The molecule has 0 saturated carbocycles. The second-order valence-electron chi connectivity index (χ2n) is 4.38. The van der Waals surface area contributed by atoms with E-state index in [1.807, 2.05) is 42.5 Å². The van der Waals surface area contributed by atoms with Gasteiger partial charge in [0.25, 0.3) is 0 Å². The molecule has 0 heterocycles. The van der Waals surface area contributed by atoms with Gasteiger partial charge in [-0.25, -0.2) is 0 Å². The topological polar surface area (TPSA) is 43.4 Å². The van der Waals surface area contributed by atoms with Crippen molar-refractivity contribution in [2.75, 3.05) is 6.61 Å². The van der Waals surface area contributed by atoms with Crippen LogP contribution in [0.25, 0.3) is 10.8 Å². The van der Waals surface area contributed by atoms with E-state index < -0.39 is 11.9 Å². The Morgan fingerprint density at radius 2 is 1.95 bits per heavy atom. The summed E-state index contributed by atoms with van der Waals surface area (Å²) in [5.41, 5.74) is 0.962. The number of esters is 1. The third kappa shape index (κ3) is 3.19. The van der Waals surface area contributed by atoms with Crippen molar-refractivity contribution in [2.24, 2.45) is 5.92 Å². The summed E-state index contributed by atoms with van der Waals surface area (Å²) in [6.07, 6.45) is 1.04. The first kappa shape index (κ1) is 13.3. The van der Waals surface area contributed by atoms with Gasteiger partial charge in [-0.1, -0.05) is 42.5 Å². The summed E-state index contributed by atoms with van der Waals surface area (Å²) in [7, 11) is 0. The molecule has 0 unspecified atom stereocenters. The van der Waals surface area contributed by atoms with Crippen LogP contribution in [0.4, 0.5) is 0 Å². The molecule has 3 heteroatoms. The minimum absolute atomic E-state index is 0.293. The highest BCUT2D eigenvalue weighted by Gasteiger charge is 2.19. The van der Waals surface area contributed by atoms with Gasteiger partial charge in [-0.05, 0) is 29.7 Å². The van der Waals surface area contributed by atoms with E-state index >= 15 is 0 Å². The summed E-state index contributed by atoms with van der Waals surface area (Å²) in [5, 5.41) is 2.25. The van der Waals surface area contributed by atoms with E-state index in [2.05, 4.69) is 0 Å². The number of aldehydes is 1. The van der Waals surface area contributed by atoms with E-state index in [9.17, 15) is 9.59 Å². The lowest BCUT2D eigenvalue weighted by Gasteiger charge is -2.10. The lowest BCUT2D eigenvalue weighted by Crippen LogP contribution is -2.21. The van der Waals surface area contributed by atoms with Crippen LogP contribution in [0.1, 0.15) is 12.5 Å². The number of hydrogen-bond acceptors (Lipinski definition) is 3. The van der Waals surface area contributed by atoms with E-state index in [0.29, 0.717) is 19.3 Å². The van der Waals surface area contributed by atoms with Gasteiger partial charge in [0.1, 0.15) is 12.2 Å². The van der Waals surface area contributed by atoms with E-state index in [1.54, 1.807) is 6.92 Å². The van der Waals surface area contributed by atoms with Crippen molar-refractivity contribution in [1.29, 1.82) is 0 Å². The minimum atomic E-state index is -0.721. The Morgan fingerprint density at radius 1 is 1.21 bits per heavy atom. The molecule has 2 rings (SSSR count). The molecule has 98 valence electrons. The highest BCUT2D eigenvalue weighted by molar-refractivity contribution is 5.88. The third-order valence-electron chi connectivity index (χ3n) is 3.02. The average Bonchev–Trinajstić information content (AvgIpc) is 2.44. The zero-order chi connectivity index (χ0) is 13.7. The Labute approximate surface area is 112 Å². The van der Waals surface area contributed by atoms with E-state index in [4.69, 9.17) is 4.74 Å². The molecule has 0 N–H and O–H groups in total. The zero-order valence-electron chi connectivity index (χ0n) is 10.8. The van der Waals surface area contributed by atoms with Crippen molar-refractivity contribution in [1.82, 2.24) is 0 Å². The number of carbonyl (C=O) groups excluding carboxylic acids is 2. The highest BCUT2D eigenvalue weighted by Crippen LogP contribution is 2.18. The van der Waals surface area contributed by atoms with Crippen molar-refractivity contribution >= 4 is 23.0 Å². The Morgan fingerprint density at radius 3 is 2.63 bits per heavy atom. The maximum atomic E-state index is 11.6. The first-order valence-electron chi connectivity index (χ1n) is 6.34. The predicted molar refractivity (Wildman–Crippen MR) is 73.8 cm³/mol. The Bertz CT molecular complexity index is 589. The second-order valence-corrected chi connectivity index (χ2v) is 4.38. The van der Waals surface area contributed by atoms with Crippen LogP contribution in [-0.4, -0.2) is 18.9 Å². The van der Waals surface area contributed by atoms with Gasteiger partial charge in [0, 0.05) is 0 Å². The van der Waals surface area contributed by atoms with E-state index in [1.165, 1.54) is 0 Å². The zero-order valence-corrected chi connectivity index (χ0v) is 10.8. The molecule has 1 atom stereocenters. The number of carbonyl (C=O) groups is 2. The van der Waals surface area contributed by atoms with Crippen LogP contribution in [0.3, 0.4) is 0 Å². The standard InChI is InChI=1S/C16H16O3/c1-2-19-16(18)15(11-17)10-12-7-8-13-5-3-4-6-14(13)9-12/h3-9,11,15H,2,10H2,1H3/t15-/m1/s1. The second kappa shape index (κ2) is 6.14. The van der Waals surface area contributed by atoms with Crippen molar-refractivity contribution < 1.29 is 14.3 Å². The van der Waals surface area contributed by atoms with Crippen molar-refractivity contribution in [3.63, 3.8) is 0 Å². The van der Waals surface area contributed by atoms with Crippen molar-refractivity contribution in [2.45, 2.75) is 13.3 Å². The number of benzene rings is 2. The van der Waals surface area contributed by atoms with Gasteiger partial charge in [-0.15, -0.1) is 0 Å². The van der Waals surface area contributed by atoms with Crippen LogP contribution >= 0.6 is 0 Å². The molecule has 0 aliphatic rings. The van der Waals surface area contributed by atoms with Gasteiger partial charge in [0.15, 0.2) is 0 Å². The molecule has 3 nitrogen and oxygen atoms in total. The summed E-state index contributed by atoms with van der Waals surface area (Å²) in [6.45, 7) is 2.02. The molecule has 2 aromatic rings. The number of fused-ring (bicyclic) bond motifs is 1. The highest BCUT2D eigenvalue weighted by atomic mass is 16.5. The minimum Gasteiger partial charge on any atom is -0.465 e. The summed E-state index contributed by atoms with van der Waals surface area (Å²) < 4.78 is 4.88. The molecular weight excluding hydrogens is 240 g/mol. The van der Waals surface area contributed by atoms with Crippen LogP contribution < -0.4 is 0 Å². The Hall–Kier alpha value is -2.16. The van der Waals surface area contributed by atoms with Crippen LogP contribution in [-0.2, 0) is 20.7 Å². The van der Waals surface area contributed by atoms with E-state index in [-0.39, 0.29) is 0 Å². The Kier molecular flexibility index (Phi) is 4.29. The fraction of sp³-hybridized carbons (Fsp3) is 0.250. The van der Waals surface area contributed by atoms with Gasteiger partial charge in [-0.3, -0.25) is 4.79 Å². The number of rotatable bonds is 5. The van der Waals surface area contributed by atoms with Crippen LogP contribution in [0.2, 0.25) is 0 Å². The summed E-state index contributed by atoms with van der Waals surface area (Å²) in [6, 6.07) is 13.9. The van der Waals surface area contributed by atoms with Gasteiger partial charge in [-0.2, -0.15) is 0 Å². The number of ether oxygens (including phenoxy) is 1. The largest absolute Gasteiger partial charge is 0.465 e. The molecule has 0 saturated heterocycles. The lowest BCUT2D eigenvalue weighted by atomic mass is 9.98. The third-order valence-corrected chi connectivity index (χ3v) is 3.02. The van der Waals surface area contributed by atoms with Crippen molar-refractivity contribution in [3.8, 4) is 0 Å². The fourth-order valence-corrected chi connectivity index (χ4v) is 2.06. The smallest absolute Gasteiger partial charge is 0.316 e. The molecule has 0 fully saturated rings. The molecule has 2 aromatic carbocycles. The SMILES string of the molecule is CCOC(=O)[C@@H](C=O)Cc1ccc2ccccc2c1. The van der Waals surface area contributed by atoms with Gasteiger partial charge < -0.3 is 9.53 Å². The average molecular weight is 256 g/mol. The van der Waals surface area contributed by atoms with Gasteiger partial charge in [0.2, 0.25) is 0 Å².